The Morgan fingerprint density at radius 1 is 1.25 bits per heavy atom. The van der Waals surface area contributed by atoms with Crippen molar-refractivity contribution >= 4 is 23.4 Å². The van der Waals surface area contributed by atoms with Crippen molar-refractivity contribution in [2.75, 3.05) is 32.7 Å². The molecule has 0 radical (unpaired) electrons. The predicted molar refractivity (Wildman–Crippen MR) is 132 cm³/mol. The average Bonchev–Trinajstić information content (AvgIpc) is 2.73. The smallest absolute Gasteiger partial charge is 0.225 e. The number of nitrogens with zero attached hydrogens (tertiary/aromatic N) is 2. The fourth-order valence-electron chi connectivity index (χ4n) is 5.59. The van der Waals surface area contributed by atoms with Gasteiger partial charge in [-0.25, -0.2) is 0 Å². The second kappa shape index (κ2) is 10.7. The van der Waals surface area contributed by atoms with Crippen LogP contribution in [-0.4, -0.2) is 65.8 Å². The molecule has 2 amide bonds. The molecule has 0 aromatic rings. The highest BCUT2D eigenvalue weighted by Crippen LogP contribution is 2.41. The summed E-state index contributed by atoms with van der Waals surface area (Å²) in [5.74, 6) is 0.990. The molecule has 1 N–H and O–H groups in total. The first-order valence-electron chi connectivity index (χ1n) is 12.4. The Morgan fingerprint density at radius 2 is 2.00 bits per heavy atom. The molecular formula is C26H42ClN3O2. The van der Waals surface area contributed by atoms with Gasteiger partial charge in [0.05, 0.1) is 11.3 Å². The molecule has 5 nitrogen and oxygen atoms in total. The minimum Gasteiger partial charge on any atom is -0.352 e. The van der Waals surface area contributed by atoms with Crippen LogP contribution in [0.15, 0.2) is 23.8 Å². The van der Waals surface area contributed by atoms with E-state index < -0.39 is 0 Å². The van der Waals surface area contributed by atoms with Crippen molar-refractivity contribution in [2.45, 2.75) is 71.7 Å². The molecule has 2 heterocycles. The van der Waals surface area contributed by atoms with E-state index in [0.29, 0.717) is 18.4 Å². The van der Waals surface area contributed by atoms with Crippen LogP contribution in [0.5, 0.6) is 0 Å². The maximum absolute atomic E-state index is 13.0. The molecule has 2 saturated heterocycles. The molecule has 0 saturated carbocycles. The normalized spacial score (nSPS) is 29.5. The van der Waals surface area contributed by atoms with Gasteiger partial charge in [-0.1, -0.05) is 45.9 Å². The zero-order valence-corrected chi connectivity index (χ0v) is 21.3. The minimum absolute atomic E-state index is 0.0671. The van der Waals surface area contributed by atoms with Gasteiger partial charge in [-0.2, -0.15) is 0 Å². The number of halogens is 1. The third-order valence-electron chi connectivity index (χ3n) is 7.61. The number of allylic oxidation sites excluding steroid dienone is 4. The quantitative estimate of drug-likeness (QED) is 0.600. The molecule has 4 atom stereocenters. The van der Waals surface area contributed by atoms with E-state index in [1.54, 1.807) is 6.92 Å². The van der Waals surface area contributed by atoms with Crippen molar-refractivity contribution < 1.29 is 9.59 Å². The number of hydrogen-bond donors (Lipinski definition) is 1. The maximum Gasteiger partial charge on any atom is 0.225 e. The number of amides is 2. The highest BCUT2D eigenvalue weighted by Gasteiger charge is 2.38. The summed E-state index contributed by atoms with van der Waals surface area (Å²) in [4.78, 5) is 29.1. The molecule has 2 fully saturated rings. The summed E-state index contributed by atoms with van der Waals surface area (Å²) in [6.07, 6.45) is 10.5. The van der Waals surface area contributed by atoms with Crippen molar-refractivity contribution in [1.82, 2.24) is 15.1 Å². The average molecular weight is 464 g/mol. The number of hydrogen-bond acceptors (Lipinski definition) is 3. The van der Waals surface area contributed by atoms with Gasteiger partial charge in [0.15, 0.2) is 0 Å². The summed E-state index contributed by atoms with van der Waals surface area (Å²) in [7, 11) is 0. The Balaban J connectivity index is 1.58. The topological polar surface area (TPSA) is 52.7 Å². The van der Waals surface area contributed by atoms with Gasteiger partial charge in [-0.05, 0) is 55.1 Å². The molecule has 0 aromatic carbocycles. The summed E-state index contributed by atoms with van der Waals surface area (Å²) >= 11 is 6.23. The van der Waals surface area contributed by atoms with Crippen LogP contribution in [-0.2, 0) is 9.59 Å². The van der Waals surface area contributed by atoms with E-state index in [2.05, 4.69) is 56.1 Å². The van der Waals surface area contributed by atoms with E-state index in [-0.39, 0.29) is 34.6 Å². The molecule has 32 heavy (non-hydrogen) atoms. The molecule has 180 valence electrons. The van der Waals surface area contributed by atoms with Gasteiger partial charge >= 0.3 is 0 Å². The molecule has 3 aliphatic rings. The van der Waals surface area contributed by atoms with Gasteiger partial charge in [-0.3, -0.25) is 9.59 Å². The first-order valence-corrected chi connectivity index (χ1v) is 12.8. The molecule has 1 aliphatic carbocycles. The number of alkyl halides is 1. The number of carbonyl (C=O) groups is 2. The fraction of sp³-hybridized carbons (Fsp3) is 0.769. The van der Waals surface area contributed by atoms with Gasteiger partial charge in [0.1, 0.15) is 0 Å². The van der Waals surface area contributed by atoms with Crippen LogP contribution in [0.4, 0.5) is 0 Å². The Bertz CT molecular complexity index is 745. The Hall–Kier alpha value is -1.33. The van der Waals surface area contributed by atoms with E-state index in [1.165, 1.54) is 5.57 Å². The molecule has 3 rings (SSSR count). The zero-order valence-electron chi connectivity index (χ0n) is 20.6. The van der Waals surface area contributed by atoms with Crippen LogP contribution in [0.25, 0.3) is 0 Å². The SMILES string of the molecule is CC(=O)N1CCC[C@@H](C(=O)N[C@@H](CN2CCC(C3=CCC(Cl)C=C3)C(C)(C)C2)C(C)C)C1. The van der Waals surface area contributed by atoms with Crippen molar-refractivity contribution in [1.29, 1.82) is 0 Å². The van der Waals surface area contributed by atoms with Gasteiger partial charge in [-0.15, -0.1) is 11.6 Å². The predicted octanol–water partition coefficient (Wildman–Crippen LogP) is 4.23. The summed E-state index contributed by atoms with van der Waals surface area (Å²) in [6, 6.07) is 0.119. The van der Waals surface area contributed by atoms with E-state index in [1.807, 2.05) is 4.90 Å². The van der Waals surface area contributed by atoms with Crippen molar-refractivity contribution in [3.05, 3.63) is 23.8 Å². The van der Waals surface area contributed by atoms with Crippen LogP contribution in [0.3, 0.4) is 0 Å². The lowest BCUT2D eigenvalue weighted by Crippen LogP contribution is -2.54. The standard InChI is InChI=1S/C26H42ClN3O2/c1-18(2)24(28-25(32)21-7-6-13-30(15-21)19(3)31)16-29-14-12-23(26(4,5)17-29)20-8-10-22(27)11-9-20/h8-10,18,21-24H,6-7,11-17H2,1-5H3,(H,28,32)/t21-,22?,23?,24+/m1/s1. The maximum atomic E-state index is 13.0. The van der Waals surface area contributed by atoms with Crippen molar-refractivity contribution in [2.24, 2.45) is 23.2 Å². The van der Waals surface area contributed by atoms with Crippen LogP contribution >= 0.6 is 11.6 Å². The van der Waals surface area contributed by atoms with E-state index in [4.69, 9.17) is 11.6 Å². The van der Waals surface area contributed by atoms with Crippen LogP contribution < -0.4 is 5.32 Å². The lowest BCUT2D eigenvalue weighted by atomic mass is 9.69. The molecular weight excluding hydrogens is 422 g/mol. The van der Waals surface area contributed by atoms with Gasteiger partial charge in [0.2, 0.25) is 11.8 Å². The van der Waals surface area contributed by atoms with Gasteiger partial charge < -0.3 is 15.1 Å². The van der Waals surface area contributed by atoms with Crippen molar-refractivity contribution in [3.8, 4) is 0 Å². The molecule has 6 heteroatoms. The molecule has 2 aliphatic heterocycles. The lowest BCUT2D eigenvalue weighted by molar-refractivity contribution is -0.134. The van der Waals surface area contributed by atoms with Crippen molar-refractivity contribution in [3.63, 3.8) is 0 Å². The van der Waals surface area contributed by atoms with Crippen LogP contribution in [0.2, 0.25) is 0 Å². The number of rotatable bonds is 6. The van der Waals surface area contributed by atoms with E-state index in [9.17, 15) is 9.59 Å². The van der Waals surface area contributed by atoms with E-state index in [0.717, 1.165) is 51.9 Å². The zero-order chi connectivity index (χ0) is 23.5. The summed E-state index contributed by atoms with van der Waals surface area (Å²) in [5.41, 5.74) is 1.61. The largest absolute Gasteiger partial charge is 0.352 e. The molecule has 0 aromatic heterocycles. The van der Waals surface area contributed by atoms with E-state index >= 15 is 0 Å². The second-order valence-corrected chi connectivity index (χ2v) is 11.6. The Morgan fingerprint density at radius 3 is 2.59 bits per heavy atom. The monoisotopic (exact) mass is 463 g/mol. The number of nitrogens with one attached hydrogen (secondary N) is 1. The summed E-state index contributed by atoms with van der Waals surface area (Å²) in [6.45, 7) is 15.0. The third-order valence-corrected chi connectivity index (χ3v) is 7.94. The minimum atomic E-state index is -0.0909. The van der Waals surface area contributed by atoms with Crippen LogP contribution in [0, 0.1) is 23.2 Å². The highest BCUT2D eigenvalue weighted by molar-refractivity contribution is 6.22. The number of carbonyl (C=O) groups excluding carboxylic acids is 2. The number of piperidine rings is 2. The lowest BCUT2D eigenvalue weighted by Gasteiger charge is -2.46. The highest BCUT2D eigenvalue weighted by atomic mass is 35.5. The van der Waals surface area contributed by atoms with Gasteiger partial charge in [0, 0.05) is 39.1 Å². The molecule has 0 spiro atoms. The Kier molecular flexibility index (Phi) is 8.48. The summed E-state index contributed by atoms with van der Waals surface area (Å²) in [5, 5.41) is 3.47. The third kappa shape index (κ3) is 6.38. The number of likely N-dealkylation sites (tertiary alicyclic amines) is 2. The fourth-order valence-corrected chi connectivity index (χ4v) is 5.75. The molecule has 0 bridgehead atoms. The first kappa shape index (κ1) is 25.3. The van der Waals surface area contributed by atoms with Gasteiger partial charge in [0.25, 0.3) is 0 Å². The molecule has 2 unspecified atom stereocenters. The summed E-state index contributed by atoms with van der Waals surface area (Å²) < 4.78 is 0. The van der Waals surface area contributed by atoms with Crippen LogP contribution in [0.1, 0.15) is 60.3 Å². The Labute approximate surface area is 199 Å². The first-order chi connectivity index (χ1) is 15.1. The second-order valence-electron chi connectivity index (χ2n) is 11.0.